The zero-order valence-electron chi connectivity index (χ0n) is 18.6. The highest BCUT2D eigenvalue weighted by Crippen LogP contribution is 2.32. The normalized spacial score (nSPS) is 16.8. The number of furan rings is 1. The standard InChI is InChI=1S/C26H34N2O3/c1-20-12-15-24(31-20)18-27(17-16-21-8-4-2-5-9-21)25(29)19-28(23-13-14-23)26(30)22-10-6-3-7-11-22/h2,4-5,8-9,12,15,22-23H,3,6-7,10-11,13-14,16-19H2,1H3. The van der Waals surface area contributed by atoms with Gasteiger partial charge in [-0.2, -0.15) is 0 Å². The summed E-state index contributed by atoms with van der Waals surface area (Å²) in [6.07, 6.45) is 8.25. The SMILES string of the molecule is Cc1ccc(CN(CCc2ccccc2)C(=O)CN(C(=O)C2CCCCC2)C2CC2)o1. The molecule has 5 heteroatoms. The van der Waals surface area contributed by atoms with E-state index < -0.39 is 0 Å². The van der Waals surface area contributed by atoms with Crippen molar-refractivity contribution < 1.29 is 14.0 Å². The van der Waals surface area contributed by atoms with Crippen LogP contribution in [-0.4, -0.2) is 40.7 Å². The quantitative estimate of drug-likeness (QED) is 0.587. The summed E-state index contributed by atoms with van der Waals surface area (Å²) in [5.41, 5.74) is 1.20. The van der Waals surface area contributed by atoms with Crippen LogP contribution in [-0.2, 0) is 22.6 Å². The Balaban J connectivity index is 1.44. The van der Waals surface area contributed by atoms with Crippen LogP contribution in [0, 0.1) is 12.8 Å². The number of nitrogens with zero attached hydrogens (tertiary/aromatic N) is 2. The highest BCUT2D eigenvalue weighted by molar-refractivity contribution is 5.86. The number of aryl methyl sites for hydroxylation is 1. The van der Waals surface area contributed by atoms with E-state index >= 15 is 0 Å². The van der Waals surface area contributed by atoms with Gasteiger partial charge in [0.05, 0.1) is 6.54 Å². The van der Waals surface area contributed by atoms with Crippen LogP contribution in [0.1, 0.15) is 62.0 Å². The molecule has 0 atom stereocenters. The topological polar surface area (TPSA) is 53.8 Å². The molecule has 0 N–H and O–H groups in total. The van der Waals surface area contributed by atoms with Gasteiger partial charge >= 0.3 is 0 Å². The summed E-state index contributed by atoms with van der Waals surface area (Å²) >= 11 is 0. The maximum Gasteiger partial charge on any atom is 0.242 e. The van der Waals surface area contributed by atoms with Crippen LogP contribution in [0.5, 0.6) is 0 Å². The number of hydrogen-bond acceptors (Lipinski definition) is 3. The van der Waals surface area contributed by atoms with Crippen LogP contribution in [0.25, 0.3) is 0 Å². The van der Waals surface area contributed by atoms with Gasteiger partial charge in [0.2, 0.25) is 11.8 Å². The Hall–Kier alpha value is -2.56. The number of amides is 2. The van der Waals surface area contributed by atoms with Gasteiger partial charge in [0.15, 0.2) is 0 Å². The maximum atomic E-state index is 13.4. The first-order valence-corrected chi connectivity index (χ1v) is 11.8. The minimum Gasteiger partial charge on any atom is -0.464 e. The van der Waals surface area contributed by atoms with Crippen LogP contribution < -0.4 is 0 Å². The minimum absolute atomic E-state index is 0.0149. The number of hydrogen-bond donors (Lipinski definition) is 0. The molecule has 5 nitrogen and oxygen atoms in total. The lowest BCUT2D eigenvalue weighted by Gasteiger charge is -2.31. The molecule has 0 bridgehead atoms. The first kappa shape index (κ1) is 21.7. The first-order valence-electron chi connectivity index (χ1n) is 11.8. The van der Waals surface area contributed by atoms with Crippen LogP contribution in [0.3, 0.4) is 0 Å². The van der Waals surface area contributed by atoms with E-state index in [1.54, 1.807) is 0 Å². The second kappa shape index (κ2) is 10.2. The predicted octanol–water partition coefficient (Wildman–Crippen LogP) is 4.73. The Morgan fingerprint density at radius 1 is 0.968 bits per heavy atom. The van der Waals surface area contributed by atoms with E-state index in [1.165, 1.54) is 12.0 Å². The van der Waals surface area contributed by atoms with E-state index in [0.717, 1.165) is 56.5 Å². The molecule has 2 aliphatic carbocycles. The summed E-state index contributed by atoms with van der Waals surface area (Å²) in [5, 5.41) is 0. The molecule has 1 aromatic carbocycles. The van der Waals surface area contributed by atoms with Crippen molar-refractivity contribution in [3.05, 3.63) is 59.5 Å². The molecule has 0 spiro atoms. The van der Waals surface area contributed by atoms with Crippen molar-refractivity contribution in [2.24, 2.45) is 5.92 Å². The Bertz CT molecular complexity index is 866. The van der Waals surface area contributed by atoms with Gasteiger partial charge < -0.3 is 14.2 Å². The van der Waals surface area contributed by atoms with Gasteiger partial charge in [0, 0.05) is 18.5 Å². The first-order chi connectivity index (χ1) is 15.1. The lowest BCUT2D eigenvalue weighted by atomic mass is 9.88. The van der Waals surface area contributed by atoms with Crippen molar-refractivity contribution in [1.29, 1.82) is 0 Å². The monoisotopic (exact) mass is 422 g/mol. The molecule has 0 aliphatic heterocycles. The van der Waals surface area contributed by atoms with Gasteiger partial charge in [-0.25, -0.2) is 0 Å². The molecule has 2 aliphatic rings. The summed E-state index contributed by atoms with van der Waals surface area (Å²) in [4.78, 5) is 30.4. The minimum atomic E-state index is 0.0149. The molecule has 0 radical (unpaired) electrons. The van der Waals surface area contributed by atoms with E-state index in [4.69, 9.17) is 4.42 Å². The predicted molar refractivity (Wildman–Crippen MR) is 120 cm³/mol. The lowest BCUT2D eigenvalue weighted by molar-refractivity contribution is -0.144. The third-order valence-electron chi connectivity index (χ3n) is 6.54. The summed E-state index contributed by atoms with van der Waals surface area (Å²) in [6, 6.07) is 14.3. The van der Waals surface area contributed by atoms with E-state index in [-0.39, 0.29) is 30.3 Å². The fourth-order valence-corrected chi connectivity index (χ4v) is 4.56. The van der Waals surface area contributed by atoms with E-state index in [9.17, 15) is 9.59 Å². The molecule has 2 amide bonds. The number of carbonyl (C=O) groups excluding carboxylic acids is 2. The molecular formula is C26H34N2O3. The second-order valence-electron chi connectivity index (χ2n) is 9.10. The fraction of sp³-hybridized carbons (Fsp3) is 0.538. The fourth-order valence-electron chi connectivity index (χ4n) is 4.56. The van der Waals surface area contributed by atoms with E-state index in [2.05, 4.69) is 12.1 Å². The molecule has 4 rings (SSSR count). The highest BCUT2D eigenvalue weighted by Gasteiger charge is 2.37. The molecular weight excluding hydrogens is 388 g/mol. The lowest BCUT2D eigenvalue weighted by Crippen LogP contribution is -2.46. The molecule has 2 fully saturated rings. The molecule has 1 heterocycles. The Kier molecular flexibility index (Phi) is 7.10. The molecule has 0 saturated heterocycles. The summed E-state index contributed by atoms with van der Waals surface area (Å²) < 4.78 is 5.75. The Labute approximate surface area is 185 Å². The summed E-state index contributed by atoms with van der Waals surface area (Å²) in [5.74, 6) is 1.95. The molecule has 166 valence electrons. The number of rotatable bonds is 9. The zero-order valence-corrected chi connectivity index (χ0v) is 18.6. The van der Waals surface area contributed by atoms with Crippen molar-refractivity contribution in [2.45, 2.75) is 70.9 Å². The van der Waals surface area contributed by atoms with Gasteiger partial charge in [-0.3, -0.25) is 9.59 Å². The van der Waals surface area contributed by atoms with Gasteiger partial charge in [-0.15, -0.1) is 0 Å². The number of benzene rings is 1. The third kappa shape index (κ3) is 5.99. The van der Waals surface area contributed by atoms with Crippen LogP contribution >= 0.6 is 0 Å². The van der Waals surface area contributed by atoms with Crippen molar-refractivity contribution in [1.82, 2.24) is 9.80 Å². The molecule has 2 aromatic rings. The second-order valence-corrected chi connectivity index (χ2v) is 9.10. The summed E-state index contributed by atoms with van der Waals surface area (Å²) in [6.45, 7) is 3.15. The largest absolute Gasteiger partial charge is 0.464 e. The van der Waals surface area contributed by atoms with E-state index in [1.807, 2.05) is 47.1 Å². The average Bonchev–Trinajstić information content (AvgIpc) is 3.56. The zero-order chi connectivity index (χ0) is 21.6. The summed E-state index contributed by atoms with van der Waals surface area (Å²) in [7, 11) is 0. The van der Waals surface area contributed by atoms with E-state index in [0.29, 0.717) is 13.1 Å². The third-order valence-corrected chi connectivity index (χ3v) is 6.54. The van der Waals surface area contributed by atoms with Crippen molar-refractivity contribution >= 4 is 11.8 Å². The van der Waals surface area contributed by atoms with Crippen molar-refractivity contribution in [3.63, 3.8) is 0 Å². The van der Waals surface area contributed by atoms with Crippen molar-refractivity contribution in [2.75, 3.05) is 13.1 Å². The van der Waals surface area contributed by atoms with Crippen LogP contribution in [0.15, 0.2) is 46.9 Å². The van der Waals surface area contributed by atoms with Gasteiger partial charge in [-0.05, 0) is 56.7 Å². The average molecular weight is 423 g/mol. The Morgan fingerprint density at radius 3 is 2.35 bits per heavy atom. The van der Waals surface area contributed by atoms with Crippen LogP contribution in [0.2, 0.25) is 0 Å². The van der Waals surface area contributed by atoms with Gasteiger partial charge in [0.25, 0.3) is 0 Å². The van der Waals surface area contributed by atoms with Crippen LogP contribution in [0.4, 0.5) is 0 Å². The number of carbonyl (C=O) groups is 2. The highest BCUT2D eigenvalue weighted by atomic mass is 16.3. The molecule has 2 saturated carbocycles. The van der Waals surface area contributed by atoms with Gasteiger partial charge in [-0.1, -0.05) is 49.6 Å². The smallest absolute Gasteiger partial charge is 0.242 e. The Morgan fingerprint density at radius 2 is 1.71 bits per heavy atom. The molecule has 31 heavy (non-hydrogen) atoms. The maximum absolute atomic E-state index is 13.4. The molecule has 1 aromatic heterocycles. The van der Waals surface area contributed by atoms with Crippen molar-refractivity contribution in [3.8, 4) is 0 Å². The van der Waals surface area contributed by atoms with Gasteiger partial charge in [0.1, 0.15) is 18.1 Å². The molecule has 0 unspecified atom stereocenters.